The number of ketones is 2. The summed E-state index contributed by atoms with van der Waals surface area (Å²) < 4.78 is 0. The minimum atomic E-state index is -0.401. The fourth-order valence-electron chi connectivity index (χ4n) is 1.84. The van der Waals surface area contributed by atoms with Crippen LogP contribution in [0.2, 0.25) is 0 Å². The van der Waals surface area contributed by atoms with Crippen molar-refractivity contribution < 1.29 is 36.3 Å². The maximum absolute atomic E-state index is 11.3. The van der Waals surface area contributed by atoms with Crippen molar-refractivity contribution in [1.82, 2.24) is 10.6 Å². The van der Waals surface area contributed by atoms with E-state index in [0.717, 1.165) is 0 Å². The number of hydrogen-bond donors (Lipinski definition) is 4. The first kappa shape index (κ1) is 26.8. The van der Waals surface area contributed by atoms with Crippen molar-refractivity contribution in [2.45, 2.75) is 38.8 Å². The molecule has 0 aromatic carbocycles. The molecule has 0 atom stereocenters. The Morgan fingerprint density at radius 2 is 1.03 bits per heavy atom. The Balaban J connectivity index is 0.000000523. The van der Waals surface area contributed by atoms with E-state index in [-0.39, 0.29) is 41.3 Å². The summed E-state index contributed by atoms with van der Waals surface area (Å²) in [6.07, 6.45) is 16.8. The quantitative estimate of drug-likeness (QED) is 0.368. The van der Waals surface area contributed by atoms with Gasteiger partial charge < -0.3 is 20.8 Å². The van der Waals surface area contributed by atoms with E-state index in [1.54, 1.807) is 48.9 Å². The molecule has 6 nitrogen and oxygen atoms in total. The van der Waals surface area contributed by atoms with Crippen LogP contribution in [0.25, 0.3) is 0 Å². The molecule has 0 heterocycles. The van der Waals surface area contributed by atoms with Gasteiger partial charge in [-0.3, -0.25) is 9.59 Å². The van der Waals surface area contributed by atoms with Gasteiger partial charge in [-0.1, -0.05) is 24.3 Å². The van der Waals surface area contributed by atoms with E-state index in [2.05, 4.69) is 10.6 Å². The number of rotatable bonds is 6. The molecule has 0 aliphatic heterocycles. The summed E-state index contributed by atoms with van der Waals surface area (Å²) in [6, 6.07) is 0. The third-order valence-corrected chi connectivity index (χ3v) is 3.87. The molecule has 0 aromatic heterocycles. The molecule has 0 saturated carbocycles. The Hall–Kier alpha value is -2.21. The Kier molecular flexibility index (Phi) is 11.4. The molecule has 2 aliphatic rings. The van der Waals surface area contributed by atoms with E-state index in [0.29, 0.717) is 11.1 Å². The smallest absolute Gasteiger partial charge is 0.187 e. The van der Waals surface area contributed by atoms with Crippen LogP contribution in [0.4, 0.5) is 0 Å². The van der Waals surface area contributed by atoms with Crippen molar-refractivity contribution >= 4 is 11.6 Å². The number of allylic oxidation sites excluding steroid dienone is 10. The van der Waals surface area contributed by atoms with Gasteiger partial charge in [-0.25, -0.2) is 0 Å². The first-order valence-corrected chi connectivity index (χ1v) is 9.06. The minimum absolute atomic E-state index is 0. The average Bonchev–Trinajstić information content (AvgIpc) is 2.67. The molecule has 2 rings (SSSR count). The third-order valence-electron chi connectivity index (χ3n) is 3.87. The molecular formula is C22H30N2NiO4. The predicted octanol–water partition coefficient (Wildman–Crippen LogP) is 1.85. The van der Waals surface area contributed by atoms with Crippen molar-refractivity contribution in [2.75, 3.05) is 13.2 Å². The fourth-order valence-corrected chi connectivity index (χ4v) is 1.84. The molecule has 0 unspecified atom stereocenters. The van der Waals surface area contributed by atoms with Crippen LogP contribution in [-0.2, 0) is 26.1 Å². The number of carbonyl (C=O) groups is 2. The van der Waals surface area contributed by atoms with Gasteiger partial charge in [0, 0.05) is 40.0 Å². The summed E-state index contributed by atoms with van der Waals surface area (Å²) in [4.78, 5) is 22.6. The zero-order valence-electron chi connectivity index (χ0n) is 17.2. The van der Waals surface area contributed by atoms with Crippen LogP contribution < -0.4 is 10.6 Å². The van der Waals surface area contributed by atoms with Crippen LogP contribution in [0.5, 0.6) is 0 Å². The average molecular weight is 445 g/mol. The van der Waals surface area contributed by atoms with Gasteiger partial charge in [0.15, 0.2) is 11.6 Å². The minimum Gasteiger partial charge on any atom is -0.394 e. The second-order valence-electron chi connectivity index (χ2n) is 7.74. The maximum atomic E-state index is 11.3. The summed E-state index contributed by atoms with van der Waals surface area (Å²) in [5.41, 5.74) is 0.410. The summed E-state index contributed by atoms with van der Waals surface area (Å²) >= 11 is 0. The molecule has 2 aliphatic carbocycles. The van der Waals surface area contributed by atoms with Gasteiger partial charge in [0.25, 0.3) is 0 Å². The molecule has 0 amide bonds. The third kappa shape index (κ3) is 10.2. The molecule has 0 bridgehead atoms. The van der Waals surface area contributed by atoms with Crippen LogP contribution in [0, 0.1) is 0 Å². The summed E-state index contributed by atoms with van der Waals surface area (Å²) in [5.74, 6) is -0.0394. The number of hydrogen-bond acceptors (Lipinski definition) is 6. The van der Waals surface area contributed by atoms with E-state index in [1.807, 2.05) is 27.7 Å². The number of carbonyl (C=O) groups excluding carboxylic acids is 2. The fraction of sp³-hybridized carbons (Fsp3) is 0.364. The zero-order chi connectivity index (χ0) is 21.2. The van der Waals surface area contributed by atoms with E-state index in [1.165, 1.54) is 12.2 Å². The van der Waals surface area contributed by atoms with Gasteiger partial charge in [-0.15, -0.1) is 0 Å². The van der Waals surface area contributed by atoms with Crippen LogP contribution in [0.3, 0.4) is 0 Å². The van der Waals surface area contributed by atoms with Gasteiger partial charge in [0.05, 0.1) is 24.3 Å². The normalized spacial score (nSPS) is 18.4. The summed E-state index contributed by atoms with van der Waals surface area (Å²) in [5, 5.41) is 23.9. The van der Waals surface area contributed by atoms with E-state index in [9.17, 15) is 9.59 Å². The van der Waals surface area contributed by atoms with Gasteiger partial charge >= 0.3 is 0 Å². The summed E-state index contributed by atoms with van der Waals surface area (Å²) in [7, 11) is 0. The molecule has 0 aromatic rings. The van der Waals surface area contributed by atoms with Gasteiger partial charge in [-0.2, -0.15) is 0 Å². The first-order chi connectivity index (χ1) is 13.1. The summed E-state index contributed by atoms with van der Waals surface area (Å²) in [6.45, 7) is 7.47. The second kappa shape index (κ2) is 12.4. The molecule has 29 heavy (non-hydrogen) atoms. The Bertz CT molecular complexity index is 693. The maximum Gasteiger partial charge on any atom is 0.187 e. The van der Waals surface area contributed by atoms with Gasteiger partial charge in [0.1, 0.15) is 0 Å². The van der Waals surface area contributed by atoms with Crippen LogP contribution in [0.15, 0.2) is 72.2 Å². The van der Waals surface area contributed by atoms with Crippen LogP contribution >= 0.6 is 0 Å². The van der Waals surface area contributed by atoms with Crippen molar-refractivity contribution in [3.05, 3.63) is 72.2 Å². The van der Waals surface area contributed by atoms with Gasteiger partial charge in [-0.05, 0) is 52.0 Å². The van der Waals surface area contributed by atoms with Crippen molar-refractivity contribution in [3.8, 4) is 0 Å². The SMILES string of the molecule is CC(C)(CO)NC=C1C=CC=CC1=O.CC(C)(CO)NC=C1C=CC=CC1=O.[Ni]. The second-order valence-corrected chi connectivity index (χ2v) is 7.74. The molecule has 0 radical (unpaired) electrons. The van der Waals surface area contributed by atoms with Crippen molar-refractivity contribution in [3.63, 3.8) is 0 Å². The molecule has 0 spiro atoms. The molecule has 7 heteroatoms. The molecule has 0 saturated heterocycles. The topological polar surface area (TPSA) is 98.7 Å². The monoisotopic (exact) mass is 444 g/mol. The van der Waals surface area contributed by atoms with E-state index >= 15 is 0 Å². The predicted molar refractivity (Wildman–Crippen MR) is 111 cm³/mol. The Morgan fingerprint density at radius 3 is 1.31 bits per heavy atom. The van der Waals surface area contributed by atoms with Crippen molar-refractivity contribution in [1.29, 1.82) is 0 Å². The number of nitrogens with one attached hydrogen (secondary N) is 2. The van der Waals surface area contributed by atoms with Crippen molar-refractivity contribution in [2.24, 2.45) is 0 Å². The van der Waals surface area contributed by atoms with E-state index in [4.69, 9.17) is 10.2 Å². The molecule has 162 valence electrons. The molecular weight excluding hydrogens is 415 g/mol. The van der Waals surface area contributed by atoms with Gasteiger partial charge in [0.2, 0.25) is 0 Å². The number of aliphatic hydroxyl groups is 2. The first-order valence-electron chi connectivity index (χ1n) is 9.06. The molecule has 0 fully saturated rings. The molecule has 4 N–H and O–H groups in total. The van der Waals surface area contributed by atoms with E-state index < -0.39 is 11.1 Å². The Morgan fingerprint density at radius 1 is 0.724 bits per heavy atom. The Labute approximate surface area is 182 Å². The zero-order valence-corrected chi connectivity index (χ0v) is 18.2. The largest absolute Gasteiger partial charge is 0.394 e. The van der Waals surface area contributed by atoms with Crippen LogP contribution in [0.1, 0.15) is 27.7 Å². The number of aliphatic hydroxyl groups excluding tert-OH is 2. The van der Waals surface area contributed by atoms with Crippen LogP contribution in [-0.4, -0.2) is 46.1 Å². The standard InChI is InChI=1S/2C11H15NO2.Ni/c2*1-11(2,8-13)12-7-9-5-3-4-6-10(9)14;/h2*3-7,12-13H,8H2,1-2H3;.